The Morgan fingerprint density at radius 1 is 0.690 bits per heavy atom. The van der Waals surface area contributed by atoms with Gasteiger partial charge in [0.05, 0.1) is 5.56 Å². The van der Waals surface area contributed by atoms with Crippen molar-refractivity contribution < 1.29 is 4.79 Å². The Kier molecular flexibility index (Phi) is 4.90. The number of carbonyl (C=O) groups is 1. The summed E-state index contributed by atoms with van der Waals surface area (Å²) in [6, 6.07) is 21.1. The Morgan fingerprint density at radius 3 is 1.69 bits per heavy atom. The van der Waals surface area contributed by atoms with Crippen LogP contribution >= 0.6 is 0 Å². The van der Waals surface area contributed by atoms with Gasteiger partial charge in [0.15, 0.2) is 0 Å². The molecule has 0 saturated carbocycles. The van der Waals surface area contributed by atoms with Crippen LogP contribution in [-0.4, -0.2) is 15.9 Å². The van der Waals surface area contributed by atoms with Crippen LogP contribution in [0.1, 0.15) is 10.4 Å². The van der Waals surface area contributed by atoms with Crippen molar-refractivity contribution in [3.8, 4) is 11.1 Å². The lowest BCUT2D eigenvalue weighted by Gasteiger charge is -2.25. The molecule has 0 atom stereocenters. The predicted octanol–water partition coefficient (Wildman–Crippen LogP) is 4.29. The fourth-order valence-electron chi connectivity index (χ4n) is 3.19. The first kappa shape index (κ1) is 18.2. The summed E-state index contributed by atoms with van der Waals surface area (Å²) in [7, 11) is 0. The first-order chi connectivity index (χ1) is 14.1. The molecule has 6 heteroatoms. The van der Waals surface area contributed by atoms with Crippen molar-refractivity contribution in [2.45, 2.75) is 0 Å². The normalized spacial score (nSPS) is 10.5. The van der Waals surface area contributed by atoms with E-state index in [4.69, 9.17) is 11.5 Å². The first-order valence-electron chi connectivity index (χ1n) is 9.03. The van der Waals surface area contributed by atoms with E-state index in [2.05, 4.69) is 14.9 Å². The molecule has 1 amide bonds. The van der Waals surface area contributed by atoms with E-state index in [0.717, 1.165) is 28.2 Å². The monoisotopic (exact) mass is 381 g/mol. The lowest BCUT2D eigenvalue weighted by molar-refractivity contribution is 0.100. The molecule has 2 heterocycles. The molecule has 29 heavy (non-hydrogen) atoms. The van der Waals surface area contributed by atoms with Crippen LogP contribution in [0.15, 0.2) is 91.5 Å². The fourth-order valence-corrected chi connectivity index (χ4v) is 3.19. The number of aromatic nitrogens is 2. The van der Waals surface area contributed by atoms with Gasteiger partial charge >= 0.3 is 0 Å². The van der Waals surface area contributed by atoms with Gasteiger partial charge in [-0.3, -0.25) is 14.8 Å². The van der Waals surface area contributed by atoms with E-state index < -0.39 is 5.91 Å². The highest BCUT2D eigenvalue weighted by Gasteiger charge is 2.13. The third-order valence-corrected chi connectivity index (χ3v) is 4.62. The fraction of sp³-hybridized carbons (Fsp3) is 0. The van der Waals surface area contributed by atoms with Crippen molar-refractivity contribution in [1.29, 1.82) is 0 Å². The average molecular weight is 381 g/mol. The summed E-state index contributed by atoms with van der Waals surface area (Å²) >= 11 is 0. The summed E-state index contributed by atoms with van der Waals surface area (Å²) in [6.07, 6.45) is 7.05. The zero-order chi connectivity index (χ0) is 20.2. The maximum Gasteiger partial charge on any atom is 0.250 e. The number of carbonyl (C=O) groups excluding carboxylic acids is 1. The average Bonchev–Trinajstić information content (AvgIpc) is 2.76. The van der Waals surface area contributed by atoms with Crippen molar-refractivity contribution in [3.63, 3.8) is 0 Å². The molecule has 0 aliphatic heterocycles. The van der Waals surface area contributed by atoms with Crippen LogP contribution in [0.5, 0.6) is 0 Å². The summed E-state index contributed by atoms with van der Waals surface area (Å²) in [5.41, 5.74) is 16.8. The molecule has 6 nitrogen and oxygen atoms in total. The molecule has 0 fully saturated rings. The van der Waals surface area contributed by atoms with Crippen LogP contribution in [0.25, 0.3) is 11.1 Å². The number of nitrogens with zero attached hydrogens (tertiary/aromatic N) is 3. The zero-order valence-electron chi connectivity index (χ0n) is 15.6. The van der Waals surface area contributed by atoms with Gasteiger partial charge in [-0.2, -0.15) is 0 Å². The van der Waals surface area contributed by atoms with Crippen molar-refractivity contribution in [1.82, 2.24) is 9.97 Å². The molecule has 0 aliphatic rings. The standard InChI is InChI=1S/C23H19N5O/c24-22-6-3-17(15-21(22)23(25)29)16-1-4-18(5-2-16)28(19-7-11-26-12-8-19)20-9-13-27-14-10-20/h1-15H,24H2,(H2,25,29). The minimum absolute atomic E-state index is 0.321. The molecule has 4 N–H and O–H groups in total. The Balaban J connectivity index is 1.74. The number of anilines is 4. The maximum absolute atomic E-state index is 11.6. The Labute approximate surface area is 168 Å². The number of nitrogen functional groups attached to an aromatic ring is 1. The summed E-state index contributed by atoms with van der Waals surface area (Å²) < 4.78 is 0. The third-order valence-electron chi connectivity index (χ3n) is 4.62. The molecule has 0 radical (unpaired) electrons. The molecule has 2 aromatic carbocycles. The number of pyridine rings is 2. The zero-order valence-corrected chi connectivity index (χ0v) is 15.6. The number of hydrogen-bond acceptors (Lipinski definition) is 5. The minimum Gasteiger partial charge on any atom is -0.398 e. The smallest absolute Gasteiger partial charge is 0.250 e. The number of nitrogens with two attached hydrogens (primary N) is 2. The molecular weight excluding hydrogens is 362 g/mol. The number of rotatable bonds is 5. The summed E-state index contributed by atoms with van der Waals surface area (Å²) in [6.45, 7) is 0. The minimum atomic E-state index is -0.539. The van der Waals surface area contributed by atoms with Gasteiger partial charge in [0, 0.05) is 47.5 Å². The van der Waals surface area contributed by atoms with E-state index in [1.807, 2.05) is 54.6 Å². The van der Waals surface area contributed by atoms with Gasteiger partial charge in [-0.15, -0.1) is 0 Å². The Hall–Kier alpha value is -4.19. The van der Waals surface area contributed by atoms with Crippen molar-refractivity contribution in [2.75, 3.05) is 10.6 Å². The molecule has 4 rings (SSSR count). The topological polar surface area (TPSA) is 98.1 Å². The molecule has 0 bridgehead atoms. The maximum atomic E-state index is 11.6. The highest BCUT2D eigenvalue weighted by molar-refractivity contribution is 5.99. The largest absolute Gasteiger partial charge is 0.398 e. The van der Waals surface area contributed by atoms with Gasteiger partial charge in [-0.05, 0) is 59.7 Å². The van der Waals surface area contributed by atoms with Gasteiger partial charge in [-0.25, -0.2) is 0 Å². The molecule has 0 unspecified atom stereocenters. The SMILES string of the molecule is NC(=O)c1cc(-c2ccc(N(c3ccncc3)c3ccncc3)cc2)ccc1N. The first-order valence-corrected chi connectivity index (χ1v) is 9.03. The summed E-state index contributed by atoms with van der Waals surface area (Å²) in [5, 5.41) is 0. The number of amides is 1. The Bertz CT molecular complexity index is 1090. The van der Waals surface area contributed by atoms with Gasteiger partial charge in [-0.1, -0.05) is 18.2 Å². The second-order valence-corrected chi connectivity index (χ2v) is 6.46. The molecule has 0 saturated heterocycles. The summed E-state index contributed by atoms with van der Waals surface area (Å²) in [4.78, 5) is 21.9. The molecule has 0 aliphatic carbocycles. The van der Waals surface area contributed by atoms with Gasteiger partial charge in [0.2, 0.25) is 0 Å². The van der Waals surface area contributed by atoms with Crippen molar-refractivity contribution in [3.05, 3.63) is 97.1 Å². The van der Waals surface area contributed by atoms with E-state index in [1.165, 1.54) is 0 Å². The van der Waals surface area contributed by atoms with E-state index >= 15 is 0 Å². The van der Waals surface area contributed by atoms with Crippen LogP contribution in [-0.2, 0) is 0 Å². The summed E-state index contributed by atoms with van der Waals surface area (Å²) in [5.74, 6) is -0.539. The predicted molar refractivity (Wildman–Crippen MR) is 115 cm³/mol. The van der Waals surface area contributed by atoms with E-state index in [9.17, 15) is 4.79 Å². The van der Waals surface area contributed by atoms with Gasteiger partial charge < -0.3 is 16.4 Å². The third kappa shape index (κ3) is 3.77. The lowest BCUT2D eigenvalue weighted by atomic mass is 10.0. The van der Waals surface area contributed by atoms with Crippen LogP contribution in [0.2, 0.25) is 0 Å². The highest BCUT2D eigenvalue weighted by atomic mass is 16.1. The van der Waals surface area contributed by atoms with Gasteiger partial charge in [0.25, 0.3) is 5.91 Å². The number of hydrogen-bond donors (Lipinski definition) is 2. The van der Waals surface area contributed by atoms with Crippen LogP contribution < -0.4 is 16.4 Å². The molecule has 4 aromatic rings. The molecule has 0 spiro atoms. The van der Waals surface area contributed by atoms with Crippen LogP contribution in [0.4, 0.5) is 22.7 Å². The second kappa shape index (κ2) is 7.82. The van der Waals surface area contributed by atoms with Crippen LogP contribution in [0, 0.1) is 0 Å². The van der Waals surface area contributed by atoms with E-state index in [-0.39, 0.29) is 0 Å². The van der Waals surface area contributed by atoms with E-state index in [1.54, 1.807) is 36.9 Å². The lowest BCUT2D eigenvalue weighted by Crippen LogP contribution is -2.13. The van der Waals surface area contributed by atoms with Crippen molar-refractivity contribution >= 4 is 28.7 Å². The van der Waals surface area contributed by atoms with Crippen LogP contribution in [0.3, 0.4) is 0 Å². The molecular formula is C23H19N5O. The molecule has 2 aromatic heterocycles. The van der Waals surface area contributed by atoms with Crippen molar-refractivity contribution in [2.24, 2.45) is 5.73 Å². The highest BCUT2D eigenvalue weighted by Crippen LogP contribution is 2.35. The second-order valence-electron chi connectivity index (χ2n) is 6.46. The molecule has 142 valence electrons. The Morgan fingerprint density at radius 2 is 1.17 bits per heavy atom. The number of primary amides is 1. The van der Waals surface area contributed by atoms with Gasteiger partial charge in [0.1, 0.15) is 0 Å². The number of benzene rings is 2. The van der Waals surface area contributed by atoms with E-state index in [0.29, 0.717) is 11.3 Å². The quantitative estimate of drug-likeness (QED) is 0.502.